The fraction of sp³-hybridized carbons (Fsp3) is 0.579. The SMILES string of the molecule is CN=C(NCc1ccc(C(=O)N(C)C)cc1)NCC1(C)CCCC1. The van der Waals surface area contributed by atoms with E-state index in [2.05, 4.69) is 22.5 Å². The fourth-order valence-electron chi connectivity index (χ4n) is 3.13. The Morgan fingerprint density at radius 2 is 1.79 bits per heavy atom. The zero-order chi connectivity index (χ0) is 17.6. The normalized spacial score (nSPS) is 16.8. The van der Waals surface area contributed by atoms with Crippen LogP contribution < -0.4 is 10.6 Å². The van der Waals surface area contributed by atoms with Gasteiger partial charge in [-0.2, -0.15) is 0 Å². The summed E-state index contributed by atoms with van der Waals surface area (Å²) >= 11 is 0. The summed E-state index contributed by atoms with van der Waals surface area (Å²) in [6.07, 6.45) is 5.25. The first-order chi connectivity index (χ1) is 11.4. The zero-order valence-corrected chi connectivity index (χ0v) is 15.4. The maximum absolute atomic E-state index is 11.9. The fourth-order valence-corrected chi connectivity index (χ4v) is 3.13. The van der Waals surface area contributed by atoms with E-state index in [1.165, 1.54) is 25.7 Å². The van der Waals surface area contributed by atoms with Gasteiger partial charge in [0.05, 0.1) is 0 Å². The predicted molar refractivity (Wildman–Crippen MR) is 99.2 cm³/mol. The van der Waals surface area contributed by atoms with E-state index in [4.69, 9.17) is 0 Å². The Morgan fingerprint density at radius 3 is 2.33 bits per heavy atom. The van der Waals surface area contributed by atoms with E-state index in [1.54, 1.807) is 26.0 Å². The van der Waals surface area contributed by atoms with Crippen LogP contribution in [0.2, 0.25) is 0 Å². The molecule has 1 fully saturated rings. The Kier molecular flexibility index (Phi) is 6.23. The van der Waals surface area contributed by atoms with Crippen LogP contribution in [0.15, 0.2) is 29.3 Å². The largest absolute Gasteiger partial charge is 0.356 e. The molecule has 1 aliphatic carbocycles. The topological polar surface area (TPSA) is 56.7 Å². The number of guanidine groups is 1. The summed E-state index contributed by atoms with van der Waals surface area (Å²) in [5, 5.41) is 6.79. The molecule has 0 unspecified atom stereocenters. The molecule has 0 heterocycles. The van der Waals surface area contributed by atoms with Crippen LogP contribution in [0.4, 0.5) is 0 Å². The maximum Gasteiger partial charge on any atom is 0.253 e. The van der Waals surface area contributed by atoms with Crippen molar-refractivity contribution < 1.29 is 4.79 Å². The van der Waals surface area contributed by atoms with Crippen LogP contribution in [0.25, 0.3) is 0 Å². The lowest BCUT2D eigenvalue weighted by Crippen LogP contribution is -2.41. The quantitative estimate of drug-likeness (QED) is 0.644. The molecule has 2 rings (SSSR count). The van der Waals surface area contributed by atoms with Crippen molar-refractivity contribution in [2.75, 3.05) is 27.7 Å². The molecule has 1 aromatic rings. The average molecular weight is 330 g/mol. The van der Waals surface area contributed by atoms with Gasteiger partial charge in [0.2, 0.25) is 0 Å². The molecule has 0 radical (unpaired) electrons. The highest BCUT2D eigenvalue weighted by atomic mass is 16.2. The highest BCUT2D eigenvalue weighted by molar-refractivity contribution is 5.93. The van der Waals surface area contributed by atoms with Crippen LogP contribution >= 0.6 is 0 Å². The van der Waals surface area contributed by atoms with Gasteiger partial charge in [-0.3, -0.25) is 9.79 Å². The number of hydrogen-bond acceptors (Lipinski definition) is 2. The highest BCUT2D eigenvalue weighted by Gasteiger charge is 2.28. The minimum absolute atomic E-state index is 0.0248. The van der Waals surface area contributed by atoms with Gasteiger partial charge in [0.15, 0.2) is 5.96 Å². The van der Waals surface area contributed by atoms with Gasteiger partial charge in [-0.1, -0.05) is 31.9 Å². The Balaban J connectivity index is 1.83. The smallest absolute Gasteiger partial charge is 0.253 e. The van der Waals surface area contributed by atoms with Gasteiger partial charge < -0.3 is 15.5 Å². The van der Waals surface area contributed by atoms with Crippen LogP contribution in [-0.2, 0) is 6.54 Å². The number of aliphatic imine (C=N–C) groups is 1. The van der Waals surface area contributed by atoms with Crippen molar-refractivity contribution >= 4 is 11.9 Å². The first-order valence-corrected chi connectivity index (χ1v) is 8.69. The third-order valence-electron chi connectivity index (χ3n) is 4.78. The second-order valence-corrected chi connectivity index (χ2v) is 7.19. The summed E-state index contributed by atoms with van der Waals surface area (Å²) in [5.41, 5.74) is 2.23. The van der Waals surface area contributed by atoms with Crippen LogP contribution in [-0.4, -0.2) is 44.5 Å². The Hall–Kier alpha value is -2.04. The standard InChI is InChI=1S/C19H30N4O/c1-19(11-5-6-12-19)14-22-18(20-2)21-13-15-7-9-16(10-8-15)17(24)23(3)4/h7-10H,5-6,11-14H2,1-4H3,(H2,20,21,22). The maximum atomic E-state index is 11.9. The minimum atomic E-state index is 0.0248. The summed E-state index contributed by atoms with van der Waals surface area (Å²) in [6.45, 7) is 4.00. The van der Waals surface area contributed by atoms with Gasteiger partial charge in [0.1, 0.15) is 0 Å². The summed E-state index contributed by atoms with van der Waals surface area (Å²) in [6, 6.07) is 7.70. The second kappa shape index (κ2) is 8.18. The molecule has 1 amide bonds. The number of carbonyl (C=O) groups is 1. The Morgan fingerprint density at radius 1 is 1.17 bits per heavy atom. The number of nitrogens with one attached hydrogen (secondary N) is 2. The summed E-state index contributed by atoms with van der Waals surface area (Å²) in [4.78, 5) is 17.8. The zero-order valence-electron chi connectivity index (χ0n) is 15.4. The number of carbonyl (C=O) groups excluding carboxylic acids is 1. The first kappa shape index (κ1) is 18.3. The lowest BCUT2D eigenvalue weighted by Gasteiger charge is -2.25. The summed E-state index contributed by atoms with van der Waals surface area (Å²) in [7, 11) is 5.32. The molecule has 132 valence electrons. The van der Waals surface area contributed by atoms with Crippen LogP contribution in [0, 0.1) is 5.41 Å². The molecule has 0 atom stereocenters. The third-order valence-corrected chi connectivity index (χ3v) is 4.78. The first-order valence-electron chi connectivity index (χ1n) is 8.69. The van der Waals surface area contributed by atoms with Crippen molar-refractivity contribution in [3.05, 3.63) is 35.4 Å². The van der Waals surface area contributed by atoms with Crippen molar-refractivity contribution in [2.45, 2.75) is 39.2 Å². The molecule has 1 saturated carbocycles. The predicted octanol–water partition coefficient (Wildman–Crippen LogP) is 2.63. The highest BCUT2D eigenvalue weighted by Crippen LogP contribution is 2.36. The molecular formula is C19H30N4O. The van der Waals surface area contributed by atoms with Gasteiger partial charge in [0, 0.05) is 39.8 Å². The lowest BCUT2D eigenvalue weighted by atomic mass is 9.89. The molecule has 2 N–H and O–H groups in total. The second-order valence-electron chi connectivity index (χ2n) is 7.19. The number of hydrogen-bond donors (Lipinski definition) is 2. The molecule has 5 nitrogen and oxygen atoms in total. The van der Waals surface area contributed by atoms with Crippen molar-refractivity contribution in [2.24, 2.45) is 10.4 Å². The number of benzene rings is 1. The summed E-state index contributed by atoms with van der Waals surface area (Å²) < 4.78 is 0. The van der Waals surface area contributed by atoms with Crippen molar-refractivity contribution in [1.29, 1.82) is 0 Å². The molecule has 0 bridgehead atoms. The number of rotatable bonds is 5. The number of amides is 1. The third kappa shape index (κ3) is 4.98. The van der Waals surface area contributed by atoms with Gasteiger partial charge in [-0.05, 0) is 36.0 Å². The minimum Gasteiger partial charge on any atom is -0.356 e. The van der Waals surface area contributed by atoms with E-state index in [-0.39, 0.29) is 5.91 Å². The van der Waals surface area contributed by atoms with E-state index in [0.29, 0.717) is 17.5 Å². The van der Waals surface area contributed by atoms with Crippen molar-refractivity contribution in [3.8, 4) is 0 Å². The molecule has 0 aliphatic heterocycles. The molecular weight excluding hydrogens is 300 g/mol. The van der Waals surface area contributed by atoms with Crippen LogP contribution in [0.1, 0.15) is 48.5 Å². The monoisotopic (exact) mass is 330 g/mol. The molecule has 0 spiro atoms. The van der Waals surface area contributed by atoms with Crippen LogP contribution in [0.5, 0.6) is 0 Å². The van der Waals surface area contributed by atoms with Crippen LogP contribution in [0.3, 0.4) is 0 Å². The van der Waals surface area contributed by atoms with E-state index in [9.17, 15) is 4.79 Å². The van der Waals surface area contributed by atoms with Gasteiger partial charge in [-0.15, -0.1) is 0 Å². The van der Waals surface area contributed by atoms with E-state index < -0.39 is 0 Å². The van der Waals surface area contributed by atoms with E-state index in [0.717, 1.165) is 18.1 Å². The molecule has 24 heavy (non-hydrogen) atoms. The van der Waals surface area contributed by atoms with E-state index >= 15 is 0 Å². The number of nitrogens with zero attached hydrogens (tertiary/aromatic N) is 2. The van der Waals surface area contributed by atoms with Gasteiger partial charge in [-0.25, -0.2) is 0 Å². The van der Waals surface area contributed by atoms with Gasteiger partial charge in [0.25, 0.3) is 5.91 Å². The molecule has 1 aromatic carbocycles. The Labute approximate surface area is 145 Å². The molecule has 0 saturated heterocycles. The van der Waals surface area contributed by atoms with Crippen molar-refractivity contribution in [1.82, 2.24) is 15.5 Å². The average Bonchev–Trinajstić information content (AvgIpc) is 3.01. The Bertz CT molecular complexity index is 572. The summed E-state index contributed by atoms with van der Waals surface area (Å²) in [5.74, 6) is 0.855. The molecule has 0 aromatic heterocycles. The van der Waals surface area contributed by atoms with Gasteiger partial charge >= 0.3 is 0 Å². The molecule has 5 heteroatoms. The van der Waals surface area contributed by atoms with Crippen molar-refractivity contribution in [3.63, 3.8) is 0 Å². The lowest BCUT2D eigenvalue weighted by molar-refractivity contribution is 0.0827. The molecule has 1 aliphatic rings. The van der Waals surface area contributed by atoms with E-state index in [1.807, 2.05) is 24.3 Å².